The number of rotatable bonds is 10. The molecule has 0 aliphatic carbocycles. The standard InChI is InChI=1S/C20H34N6O3S.HI/c1-24(2)19(28)15-23-20(22-7-6-17-5-4-14-30-17)26-11-9-25(10-12-26)16-18(27)21-8-13-29-3;/h4-5,14H,6-13,15-16H2,1-3H3,(H,21,27)(H,22,23);1H. The van der Waals surface area contributed by atoms with E-state index in [-0.39, 0.29) is 42.3 Å². The number of aliphatic imine (C=N–C) groups is 1. The molecule has 1 aliphatic heterocycles. The minimum absolute atomic E-state index is 0. The van der Waals surface area contributed by atoms with Gasteiger partial charge in [-0.3, -0.25) is 14.5 Å². The fraction of sp³-hybridized carbons (Fsp3) is 0.650. The first-order valence-electron chi connectivity index (χ1n) is 10.2. The fourth-order valence-electron chi connectivity index (χ4n) is 2.97. The Balaban J connectivity index is 0.00000480. The molecule has 0 bridgehead atoms. The number of guanidine groups is 1. The van der Waals surface area contributed by atoms with Crippen LogP contribution in [0.2, 0.25) is 0 Å². The summed E-state index contributed by atoms with van der Waals surface area (Å²) in [5.74, 6) is 0.741. The predicted octanol–water partition coefficient (Wildman–Crippen LogP) is 0.323. The molecule has 0 spiro atoms. The summed E-state index contributed by atoms with van der Waals surface area (Å²) in [4.78, 5) is 35.7. The molecule has 0 unspecified atom stereocenters. The lowest BCUT2D eigenvalue weighted by Gasteiger charge is -2.36. The predicted molar refractivity (Wildman–Crippen MR) is 135 cm³/mol. The van der Waals surface area contributed by atoms with E-state index in [1.54, 1.807) is 37.4 Å². The van der Waals surface area contributed by atoms with Crippen LogP contribution in [0.1, 0.15) is 4.88 Å². The van der Waals surface area contributed by atoms with Crippen molar-refractivity contribution < 1.29 is 14.3 Å². The molecule has 0 atom stereocenters. The Hall–Kier alpha value is -1.44. The molecule has 0 radical (unpaired) electrons. The first-order valence-corrected chi connectivity index (χ1v) is 11.1. The van der Waals surface area contributed by atoms with E-state index in [0.29, 0.717) is 19.7 Å². The van der Waals surface area contributed by atoms with E-state index >= 15 is 0 Å². The quantitative estimate of drug-likeness (QED) is 0.184. The van der Waals surface area contributed by atoms with Gasteiger partial charge in [0, 0.05) is 65.4 Å². The van der Waals surface area contributed by atoms with Crippen molar-refractivity contribution in [2.75, 3.05) is 80.2 Å². The molecule has 0 saturated carbocycles. The number of hydrogen-bond donors (Lipinski definition) is 2. The topological polar surface area (TPSA) is 89.5 Å². The second kappa shape index (κ2) is 15.4. The molecule has 1 aromatic heterocycles. The highest BCUT2D eigenvalue weighted by Gasteiger charge is 2.21. The molecule has 1 fully saturated rings. The van der Waals surface area contributed by atoms with E-state index in [9.17, 15) is 9.59 Å². The van der Waals surface area contributed by atoms with Gasteiger partial charge in [-0.2, -0.15) is 0 Å². The van der Waals surface area contributed by atoms with Gasteiger partial charge in [0.05, 0.1) is 13.2 Å². The van der Waals surface area contributed by atoms with Crippen molar-refractivity contribution in [1.82, 2.24) is 25.3 Å². The van der Waals surface area contributed by atoms with Gasteiger partial charge in [0.1, 0.15) is 6.54 Å². The van der Waals surface area contributed by atoms with E-state index in [0.717, 1.165) is 45.1 Å². The van der Waals surface area contributed by atoms with Crippen molar-refractivity contribution in [3.05, 3.63) is 22.4 Å². The Bertz CT molecular complexity index is 678. The van der Waals surface area contributed by atoms with E-state index < -0.39 is 0 Å². The molecule has 1 aromatic rings. The molecule has 1 aliphatic rings. The Kier molecular flexibility index (Phi) is 13.7. The number of halogens is 1. The third-order valence-corrected chi connectivity index (χ3v) is 5.70. The molecule has 31 heavy (non-hydrogen) atoms. The van der Waals surface area contributed by atoms with Gasteiger partial charge < -0.3 is 25.2 Å². The van der Waals surface area contributed by atoms with Gasteiger partial charge in [-0.1, -0.05) is 6.07 Å². The molecule has 9 nitrogen and oxygen atoms in total. The third-order valence-electron chi connectivity index (χ3n) is 4.76. The zero-order valence-electron chi connectivity index (χ0n) is 18.6. The van der Waals surface area contributed by atoms with Crippen molar-refractivity contribution in [2.24, 2.45) is 4.99 Å². The maximum atomic E-state index is 12.0. The lowest BCUT2D eigenvalue weighted by molar-refractivity contribution is -0.127. The normalized spacial score (nSPS) is 14.7. The molecule has 0 aromatic carbocycles. The van der Waals surface area contributed by atoms with Crippen molar-refractivity contribution in [3.8, 4) is 0 Å². The lowest BCUT2D eigenvalue weighted by Crippen LogP contribution is -2.54. The highest BCUT2D eigenvalue weighted by molar-refractivity contribution is 14.0. The zero-order valence-corrected chi connectivity index (χ0v) is 21.8. The Morgan fingerprint density at radius 2 is 1.94 bits per heavy atom. The van der Waals surface area contributed by atoms with Gasteiger partial charge in [0.2, 0.25) is 11.8 Å². The lowest BCUT2D eigenvalue weighted by atomic mass is 10.3. The van der Waals surface area contributed by atoms with Crippen LogP contribution < -0.4 is 10.6 Å². The maximum Gasteiger partial charge on any atom is 0.243 e. The van der Waals surface area contributed by atoms with Crippen molar-refractivity contribution in [2.45, 2.75) is 6.42 Å². The summed E-state index contributed by atoms with van der Waals surface area (Å²) >= 11 is 1.74. The Labute approximate surface area is 206 Å². The number of methoxy groups -OCH3 is 1. The van der Waals surface area contributed by atoms with E-state index in [1.807, 2.05) is 0 Å². The molecule has 2 rings (SSSR count). The third kappa shape index (κ3) is 10.6. The molecule has 176 valence electrons. The monoisotopic (exact) mass is 566 g/mol. The maximum absolute atomic E-state index is 12.0. The molecule has 11 heteroatoms. The van der Waals surface area contributed by atoms with Crippen molar-refractivity contribution in [3.63, 3.8) is 0 Å². The smallest absolute Gasteiger partial charge is 0.243 e. The number of carbonyl (C=O) groups is 2. The van der Waals surface area contributed by atoms with Crippen LogP contribution in [0, 0.1) is 0 Å². The SMILES string of the molecule is COCCNC(=O)CN1CCN(C(=NCC(=O)N(C)C)NCCc2cccs2)CC1.I. The number of thiophene rings is 1. The van der Waals surface area contributed by atoms with Gasteiger partial charge >= 0.3 is 0 Å². The minimum atomic E-state index is -0.0288. The number of carbonyl (C=O) groups excluding carboxylic acids is 2. The van der Waals surface area contributed by atoms with Crippen molar-refractivity contribution in [1.29, 1.82) is 0 Å². The summed E-state index contributed by atoms with van der Waals surface area (Å²) < 4.78 is 4.95. The van der Waals surface area contributed by atoms with Gasteiger partial charge in [-0.05, 0) is 17.9 Å². The van der Waals surface area contributed by atoms with Gasteiger partial charge in [0.15, 0.2) is 5.96 Å². The molecule has 1 saturated heterocycles. The highest BCUT2D eigenvalue weighted by atomic mass is 127. The number of amides is 2. The van der Waals surface area contributed by atoms with Crippen LogP contribution >= 0.6 is 35.3 Å². The van der Waals surface area contributed by atoms with Gasteiger partial charge in [0.25, 0.3) is 0 Å². The van der Waals surface area contributed by atoms with Crippen LogP contribution in [0.4, 0.5) is 0 Å². The van der Waals surface area contributed by atoms with Gasteiger partial charge in [-0.15, -0.1) is 35.3 Å². The van der Waals surface area contributed by atoms with Crippen molar-refractivity contribution >= 4 is 53.1 Å². The largest absolute Gasteiger partial charge is 0.383 e. The molecule has 2 heterocycles. The molecule has 2 amide bonds. The number of piperazine rings is 1. The summed E-state index contributed by atoms with van der Waals surface area (Å²) in [5, 5.41) is 8.34. The summed E-state index contributed by atoms with van der Waals surface area (Å²) in [6, 6.07) is 4.17. The summed E-state index contributed by atoms with van der Waals surface area (Å²) in [6.45, 7) is 5.36. The highest BCUT2D eigenvalue weighted by Crippen LogP contribution is 2.08. The average molecular weight is 567 g/mol. The van der Waals surface area contributed by atoms with Crippen LogP contribution in [0.3, 0.4) is 0 Å². The van der Waals surface area contributed by atoms with E-state index in [1.165, 1.54) is 4.88 Å². The van der Waals surface area contributed by atoms with Crippen LogP contribution in [-0.2, 0) is 20.7 Å². The minimum Gasteiger partial charge on any atom is -0.383 e. The van der Waals surface area contributed by atoms with Gasteiger partial charge in [-0.25, -0.2) is 4.99 Å². The van der Waals surface area contributed by atoms with Crippen LogP contribution in [-0.4, -0.2) is 113 Å². The average Bonchev–Trinajstić information content (AvgIpc) is 3.24. The molecule has 2 N–H and O–H groups in total. The fourth-order valence-corrected chi connectivity index (χ4v) is 3.68. The van der Waals surface area contributed by atoms with Crippen LogP contribution in [0.5, 0.6) is 0 Å². The summed E-state index contributed by atoms with van der Waals surface area (Å²) in [7, 11) is 5.08. The number of hydrogen-bond acceptors (Lipinski definition) is 6. The first kappa shape index (κ1) is 27.6. The first-order chi connectivity index (χ1) is 14.5. The summed E-state index contributed by atoms with van der Waals surface area (Å²) in [5.41, 5.74) is 0. The Morgan fingerprint density at radius 3 is 2.55 bits per heavy atom. The van der Waals surface area contributed by atoms with E-state index in [4.69, 9.17) is 4.74 Å². The number of nitrogens with zero attached hydrogens (tertiary/aromatic N) is 4. The van der Waals surface area contributed by atoms with Crippen LogP contribution in [0.15, 0.2) is 22.5 Å². The summed E-state index contributed by atoms with van der Waals surface area (Å²) in [6.07, 6.45) is 0.917. The zero-order chi connectivity index (χ0) is 21.8. The van der Waals surface area contributed by atoms with Crippen LogP contribution in [0.25, 0.3) is 0 Å². The molecular weight excluding hydrogens is 531 g/mol. The number of ether oxygens (including phenoxy) is 1. The number of nitrogens with one attached hydrogen (secondary N) is 2. The van der Waals surface area contributed by atoms with E-state index in [2.05, 4.69) is 42.9 Å². The Morgan fingerprint density at radius 1 is 1.19 bits per heavy atom. The number of likely N-dealkylation sites (N-methyl/N-ethyl adjacent to an activating group) is 1. The second-order valence-electron chi connectivity index (χ2n) is 7.29. The molecular formula is C20H35IN6O3S. The second-order valence-corrected chi connectivity index (χ2v) is 8.32.